The van der Waals surface area contributed by atoms with Gasteiger partial charge in [-0.1, -0.05) is 13.8 Å². The molecule has 0 bridgehead atoms. The van der Waals surface area contributed by atoms with Crippen molar-refractivity contribution in [3.05, 3.63) is 30.5 Å². The Morgan fingerprint density at radius 3 is 2.79 bits per heavy atom. The minimum atomic E-state index is 0.664. The Labute approximate surface area is 114 Å². The molecule has 0 saturated heterocycles. The Morgan fingerprint density at radius 1 is 1.32 bits per heavy atom. The fourth-order valence-electron chi connectivity index (χ4n) is 2.62. The van der Waals surface area contributed by atoms with Crippen LogP contribution in [0.4, 0.5) is 11.4 Å². The van der Waals surface area contributed by atoms with E-state index >= 15 is 0 Å². The van der Waals surface area contributed by atoms with Gasteiger partial charge in [0.2, 0.25) is 0 Å². The van der Waals surface area contributed by atoms with Crippen LogP contribution >= 0.6 is 0 Å². The van der Waals surface area contributed by atoms with Crippen LogP contribution in [0.3, 0.4) is 0 Å². The van der Waals surface area contributed by atoms with E-state index in [0.29, 0.717) is 12.0 Å². The van der Waals surface area contributed by atoms with E-state index in [4.69, 9.17) is 5.73 Å². The summed E-state index contributed by atoms with van der Waals surface area (Å²) in [5.74, 6) is 0.664. The van der Waals surface area contributed by atoms with Crippen LogP contribution in [0.25, 0.3) is 10.9 Å². The number of hydrogen-bond acceptors (Lipinski definition) is 3. The normalized spacial score (nSPS) is 15.1. The number of nitrogens with two attached hydrogens (primary N) is 1. The first-order valence-corrected chi connectivity index (χ1v) is 7.06. The third-order valence-electron chi connectivity index (χ3n) is 3.60. The lowest BCUT2D eigenvalue weighted by Gasteiger charge is -2.27. The molecule has 0 aliphatic heterocycles. The third kappa shape index (κ3) is 2.50. The monoisotopic (exact) mass is 255 g/mol. The predicted molar refractivity (Wildman–Crippen MR) is 81.4 cm³/mol. The van der Waals surface area contributed by atoms with Crippen molar-refractivity contribution in [3.8, 4) is 0 Å². The summed E-state index contributed by atoms with van der Waals surface area (Å²) in [6.45, 7) is 5.65. The van der Waals surface area contributed by atoms with Gasteiger partial charge in [-0.3, -0.25) is 4.98 Å². The second kappa shape index (κ2) is 4.72. The van der Waals surface area contributed by atoms with Gasteiger partial charge in [-0.05, 0) is 43.0 Å². The number of fused-ring (bicyclic) bond motifs is 1. The van der Waals surface area contributed by atoms with Gasteiger partial charge in [0.15, 0.2) is 0 Å². The smallest absolute Gasteiger partial charge is 0.0743 e. The molecule has 3 rings (SSSR count). The zero-order valence-electron chi connectivity index (χ0n) is 11.6. The maximum atomic E-state index is 5.85. The Morgan fingerprint density at radius 2 is 2.11 bits per heavy atom. The van der Waals surface area contributed by atoms with Crippen LogP contribution < -0.4 is 10.6 Å². The molecule has 1 aromatic heterocycles. The van der Waals surface area contributed by atoms with Crippen molar-refractivity contribution in [2.45, 2.75) is 32.7 Å². The van der Waals surface area contributed by atoms with E-state index in [0.717, 1.165) is 17.7 Å². The summed E-state index contributed by atoms with van der Waals surface area (Å²) in [5.41, 5.74) is 8.93. The van der Waals surface area contributed by atoms with Gasteiger partial charge in [0, 0.05) is 35.5 Å². The van der Waals surface area contributed by atoms with Crippen LogP contribution in [0.2, 0.25) is 0 Å². The summed E-state index contributed by atoms with van der Waals surface area (Å²) in [5, 5.41) is 1.21. The second-order valence-corrected chi connectivity index (χ2v) is 5.88. The molecule has 3 heteroatoms. The summed E-state index contributed by atoms with van der Waals surface area (Å²) in [4.78, 5) is 6.98. The molecular formula is C16H21N3. The van der Waals surface area contributed by atoms with E-state index in [9.17, 15) is 0 Å². The third-order valence-corrected chi connectivity index (χ3v) is 3.60. The topological polar surface area (TPSA) is 42.2 Å². The molecular weight excluding hydrogens is 234 g/mol. The molecule has 0 atom stereocenters. The Balaban J connectivity index is 2.07. The molecule has 1 aromatic carbocycles. The average Bonchev–Trinajstić information content (AvgIpc) is 3.19. The Hall–Kier alpha value is -1.77. The fraction of sp³-hybridized carbons (Fsp3) is 0.438. The molecule has 1 aliphatic carbocycles. The minimum absolute atomic E-state index is 0.664. The number of aromatic nitrogens is 1. The molecule has 1 saturated carbocycles. The molecule has 3 nitrogen and oxygen atoms in total. The van der Waals surface area contributed by atoms with Crippen molar-refractivity contribution in [1.82, 2.24) is 4.98 Å². The van der Waals surface area contributed by atoms with Crippen LogP contribution in [0.1, 0.15) is 26.7 Å². The predicted octanol–water partition coefficient (Wildman–Crippen LogP) is 3.44. The molecule has 1 aliphatic rings. The first kappa shape index (κ1) is 12.3. The molecule has 19 heavy (non-hydrogen) atoms. The van der Waals surface area contributed by atoms with E-state index in [1.54, 1.807) is 0 Å². The fourth-order valence-corrected chi connectivity index (χ4v) is 2.62. The van der Waals surface area contributed by atoms with Crippen LogP contribution in [-0.2, 0) is 0 Å². The summed E-state index contributed by atoms with van der Waals surface area (Å²) in [7, 11) is 0. The highest BCUT2D eigenvalue weighted by Gasteiger charge is 2.30. The number of nitrogen functional groups attached to an aromatic ring is 1. The van der Waals surface area contributed by atoms with E-state index in [1.165, 1.54) is 23.9 Å². The van der Waals surface area contributed by atoms with Gasteiger partial charge in [0.25, 0.3) is 0 Å². The summed E-state index contributed by atoms with van der Waals surface area (Å²) in [6, 6.07) is 8.88. The van der Waals surface area contributed by atoms with Gasteiger partial charge < -0.3 is 10.6 Å². The number of pyridine rings is 1. The quantitative estimate of drug-likeness (QED) is 0.851. The summed E-state index contributed by atoms with van der Waals surface area (Å²) < 4.78 is 0. The van der Waals surface area contributed by atoms with Crippen LogP contribution in [-0.4, -0.2) is 17.6 Å². The van der Waals surface area contributed by atoms with Crippen molar-refractivity contribution in [2.75, 3.05) is 17.2 Å². The minimum Gasteiger partial charge on any atom is -0.399 e. The summed E-state index contributed by atoms with van der Waals surface area (Å²) in [6.07, 6.45) is 4.52. The lowest BCUT2D eigenvalue weighted by Crippen LogP contribution is -2.30. The Kier molecular flexibility index (Phi) is 3.05. The van der Waals surface area contributed by atoms with Crippen molar-refractivity contribution in [3.63, 3.8) is 0 Å². The molecule has 2 N–H and O–H groups in total. The van der Waals surface area contributed by atoms with Crippen LogP contribution in [0.15, 0.2) is 30.5 Å². The van der Waals surface area contributed by atoms with E-state index < -0.39 is 0 Å². The molecule has 0 radical (unpaired) electrons. The van der Waals surface area contributed by atoms with Crippen molar-refractivity contribution in [1.29, 1.82) is 0 Å². The van der Waals surface area contributed by atoms with Crippen LogP contribution in [0.5, 0.6) is 0 Å². The number of anilines is 2. The zero-order chi connectivity index (χ0) is 13.4. The SMILES string of the molecule is CC(C)CN(c1ccnc2cc(N)ccc12)C1CC1. The van der Waals surface area contributed by atoms with Gasteiger partial charge in [-0.25, -0.2) is 0 Å². The zero-order valence-corrected chi connectivity index (χ0v) is 11.6. The molecule has 0 unspecified atom stereocenters. The highest BCUT2D eigenvalue weighted by molar-refractivity contribution is 5.93. The Bertz CT molecular complexity index is 588. The van der Waals surface area contributed by atoms with Crippen LogP contribution in [0, 0.1) is 5.92 Å². The maximum absolute atomic E-state index is 5.85. The molecule has 100 valence electrons. The number of rotatable bonds is 4. The lowest BCUT2D eigenvalue weighted by molar-refractivity contribution is 0.608. The maximum Gasteiger partial charge on any atom is 0.0743 e. The molecule has 0 spiro atoms. The van der Waals surface area contributed by atoms with Gasteiger partial charge in [0.1, 0.15) is 0 Å². The van der Waals surface area contributed by atoms with E-state index in [1.807, 2.05) is 18.3 Å². The highest BCUT2D eigenvalue weighted by atomic mass is 15.2. The number of hydrogen-bond donors (Lipinski definition) is 1. The number of benzene rings is 1. The van der Waals surface area contributed by atoms with E-state index in [-0.39, 0.29) is 0 Å². The standard InChI is InChI=1S/C16H21N3/c1-11(2)10-19(13-4-5-13)16-7-8-18-15-9-12(17)3-6-14(15)16/h3,6-9,11,13H,4-5,10,17H2,1-2H3. The van der Waals surface area contributed by atoms with Gasteiger partial charge >= 0.3 is 0 Å². The van der Waals surface area contributed by atoms with Crippen molar-refractivity contribution in [2.24, 2.45) is 5.92 Å². The van der Waals surface area contributed by atoms with E-state index in [2.05, 4.69) is 35.9 Å². The van der Waals surface area contributed by atoms with Crippen molar-refractivity contribution >= 4 is 22.3 Å². The molecule has 0 amide bonds. The largest absolute Gasteiger partial charge is 0.399 e. The average molecular weight is 255 g/mol. The first-order valence-electron chi connectivity index (χ1n) is 7.06. The molecule has 1 heterocycles. The van der Waals surface area contributed by atoms with Gasteiger partial charge in [0.05, 0.1) is 5.52 Å². The number of nitrogens with zero attached hydrogens (tertiary/aromatic N) is 2. The summed E-state index contributed by atoms with van der Waals surface area (Å²) >= 11 is 0. The molecule has 1 fully saturated rings. The van der Waals surface area contributed by atoms with Gasteiger partial charge in [-0.2, -0.15) is 0 Å². The lowest BCUT2D eigenvalue weighted by atomic mass is 10.1. The van der Waals surface area contributed by atoms with Gasteiger partial charge in [-0.15, -0.1) is 0 Å². The highest BCUT2D eigenvalue weighted by Crippen LogP contribution is 2.36. The molecule has 2 aromatic rings. The first-order chi connectivity index (χ1) is 9.15. The second-order valence-electron chi connectivity index (χ2n) is 5.88. The van der Waals surface area contributed by atoms with Crippen molar-refractivity contribution < 1.29 is 0 Å².